The molecule has 0 radical (unpaired) electrons. The first-order valence-electron chi connectivity index (χ1n) is 9.28. The maximum atomic E-state index is 12.9. The summed E-state index contributed by atoms with van der Waals surface area (Å²) in [7, 11) is -2.57. The second-order valence-corrected chi connectivity index (χ2v) is 8.91. The van der Waals surface area contributed by atoms with E-state index in [1.807, 2.05) is 12.1 Å². The van der Waals surface area contributed by atoms with Gasteiger partial charge in [0.25, 0.3) is 5.56 Å². The number of hydrogen-bond acceptors (Lipinski definition) is 6. The topological polar surface area (TPSA) is 107 Å². The second kappa shape index (κ2) is 9.76. The summed E-state index contributed by atoms with van der Waals surface area (Å²) in [5, 5.41) is 6.87. The number of carbonyl (C=O) groups excluding carboxylic acids is 1. The monoisotopic (exact) mass is 461 g/mol. The number of nitrogens with one attached hydrogen (secondary N) is 1. The Labute approximate surface area is 184 Å². The van der Waals surface area contributed by atoms with Gasteiger partial charge in [-0.1, -0.05) is 29.8 Å². The van der Waals surface area contributed by atoms with Gasteiger partial charge in [-0.3, -0.25) is 9.59 Å². The molecule has 162 valence electrons. The number of aromatic nitrogens is 2. The number of rotatable bonds is 8. The van der Waals surface area contributed by atoms with E-state index in [4.69, 9.17) is 16.3 Å². The molecule has 0 aliphatic heterocycles. The highest BCUT2D eigenvalue weighted by Crippen LogP contribution is 2.22. The Balaban J connectivity index is 1.70. The van der Waals surface area contributed by atoms with Crippen molar-refractivity contribution in [2.24, 2.45) is 0 Å². The molecule has 0 saturated heterocycles. The lowest BCUT2D eigenvalue weighted by Crippen LogP contribution is -2.35. The third-order valence-corrected chi connectivity index (χ3v) is 6.31. The number of hydrogen-bond donors (Lipinski definition) is 1. The number of benzene rings is 2. The first-order valence-corrected chi connectivity index (χ1v) is 11.1. The third kappa shape index (κ3) is 5.71. The average Bonchev–Trinajstić information content (AvgIpc) is 2.76. The third-order valence-electron chi connectivity index (χ3n) is 4.41. The van der Waals surface area contributed by atoms with E-state index in [2.05, 4.69) is 10.4 Å². The Bertz CT molecular complexity index is 1240. The predicted octanol–water partition coefficient (Wildman–Crippen LogP) is 2.10. The highest BCUT2D eigenvalue weighted by molar-refractivity contribution is 7.91. The van der Waals surface area contributed by atoms with E-state index in [0.29, 0.717) is 23.7 Å². The zero-order chi connectivity index (χ0) is 22.4. The van der Waals surface area contributed by atoms with Crippen LogP contribution < -0.4 is 15.6 Å². The molecule has 1 heterocycles. The number of sulfone groups is 1. The zero-order valence-corrected chi connectivity index (χ0v) is 18.2. The van der Waals surface area contributed by atoms with Crippen LogP contribution in [-0.4, -0.2) is 37.8 Å². The fourth-order valence-corrected chi connectivity index (χ4v) is 4.11. The molecule has 0 spiro atoms. The minimum absolute atomic E-state index is 0.0306. The Morgan fingerprint density at radius 3 is 2.58 bits per heavy atom. The Kier molecular flexibility index (Phi) is 7.09. The van der Waals surface area contributed by atoms with Crippen LogP contribution in [0.1, 0.15) is 5.56 Å². The molecule has 3 aromatic rings. The fraction of sp³-hybridized carbons (Fsp3) is 0.190. The molecule has 10 heteroatoms. The van der Waals surface area contributed by atoms with Crippen molar-refractivity contribution in [3.05, 3.63) is 81.6 Å². The summed E-state index contributed by atoms with van der Waals surface area (Å²) in [4.78, 5) is 24.3. The molecule has 0 aliphatic carbocycles. The number of methoxy groups -OCH3 is 1. The molecular weight excluding hydrogens is 442 g/mol. The van der Waals surface area contributed by atoms with Crippen molar-refractivity contribution >= 4 is 27.3 Å². The fourth-order valence-electron chi connectivity index (χ4n) is 2.77. The van der Waals surface area contributed by atoms with Crippen LogP contribution in [0.2, 0.25) is 5.02 Å². The van der Waals surface area contributed by atoms with Crippen LogP contribution in [0.25, 0.3) is 0 Å². The highest BCUT2D eigenvalue weighted by atomic mass is 35.5. The van der Waals surface area contributed by atoms with Gasteiger partial charge in [-0.05, 0) is 48.4 Å². The first kappa shape index (κ1) is 22.5. The maximum absolute atomic E-state index is 12.9. The van der Waals surface area contributed by atoms with Crippen LogP contribution in [0.5, 0.6) is 5.75 Å². The van der Waals surface area contributed by atoms with Gasteiger partial charge in [0.2, 0.25) is 15.7 Å². The summed E-state index contributed by atoms with van der Waals surface area (Å²) in [5.41, 5.74) is 0.406. The number of ether oxygens (including phenoxy) is 1. The van der Waals surface area contributed by atoms with E-state index in [1.165, 1.54) is 25.3 Å². The molecule has 1 amide bonds. The molecule has 3 rings (SSSR count). The zero-order valence-electron chi connectivity index (χ0n) is 16.6. The van der Waals surface area contributed by atoms with Crippen molar-refractivity contribution < 1.29 is 17.9 Å². The largest absolute Gasteiger partial charge is 0.497 e. The van der Waals surface area contributed by atoms with E-state index in [-0.39, 0.29) is 9.92 Å². The van der Waals surface area contributed by atoms with E-state index in [0.717, 1.165) is 22.4 Å². The van der Waals surface area contributed by atoms with Crippen LogP contribution in [0.15, 0.2) is 75.4 Å². The molecule has 2 aromatic carbocycles. The number of carbonyl (C=O) groups is 1. The summed E-state index contributed by atoms with van der Waals surface area (Å²) in [6.07, 6.45) is 0.579. The van der Waals surface area contributed by atoms with Crippen molar-refractivity contribution in [1.29, 1.82) is 0 Å². The molecule has 0 unspecified atom stereocenters. The normalized spacial score (nSPS) is 11.2. The van der Waals surface area contributed by atoms with Crippen LogP contribution >= 0.6 is 11.6 Å². The molecule has 0 atom stereocenters. The molecule has 0 saturated carbocycles. The van der Waals surface area contributed by atoms with Crippen LogP contribution in [0.4, 0.5) is 0 Å². The standard InChI is InChI=1S/C21H20ClN3O5S/c1-30-17-3-2-4-18(13-17)31(28,29)20-9-10-21(27)25(24-20)14-19(26)23-12-11-15-5-7-16(22)8-6-15/h2-10,13H,11-12,14H2,1H3,(H,23,26). The van der Waals surface area contributed by atoms with Gasteiger partial charge in [0.15, 0.2) is 5.03 Å². The van der Waals surface area contributed by atoms with E-state index in [9.17, 15) is 18.0 Å². The van der Waals surface area contributed by atoms with Gasteiger partial charge in [-0.25, -0.2) is 13.1 Å². The van der Waals surface area contributed by atoms with Crippen LogP contribution in [0, 0.1) is 0 Å². The molecular formula is C21H20ClN3O5S. The molecule has 0 bridgehead atoms. The number of nitrogens with zero attached hydrogens (tertiary/aromatic N) is 2. The van der Waals surface area contributed by atoms with Gasteiger partial charge in [-0.2, -0.15) is 5.10 Å². The summed E-state index contributed by atoms with van der Waals surface area (Å²) in [6, 6.07) is 15.3. The lowest BCUT2D eigenvalue weighted by molar-refractivity contribution is -0.121. The molecule has 31 heavy (non-hydrogen) atoms. The quantitative estimate of drug-likeness (QED) is 0.550. The second-order valence-electron chi connectivity index (χ2n) is 6.58. The lowest BCUT2D eigenvalue weighted by Gasteiger charge is -2.09. The van der Waals surface area contributed by atoms with Crippen molar-refractivity contribution in [1.82, 2.24) is 15.1 Å². The summed E-state index contributed by atoms with van der Waals surface area (Å²) in [6.45, 7) is -0.0576. The van der Waals surface area contributed by atoms with E-state index in [1.54, 1.807) is 18.2 Å². The molecule has 0 fully saturated rings. The van der Waals surface area contributed by atoms with Gasteiger partial charge in [0, 0.05) is 17.6 Å². The Morgan fingerprint density at radius 2 is 1.87 bits per heavy atom. The van der Waals surface area contributed by atoms with Crippen LogP contribution in [-0.2, 0) is 27.6 Å². The van der Waals surface area contributed by atoms with Crippen molar-refractivity contribution in [3.63, 3.8) is 0 Å². The van der Waals surface area contributed by atoms with Crippen LogP contribution in [0.3, 0.4) is 0 Å². The van der Waals surface area contributed by atoms with Gasteiger partial charge >= 0.3 is 0 Å². The van der Waals surface area contributed by atoms with Gasteiger partial charge < -0.3 is 10.1 Å². The van der Waals surface area contributed by atoms with Gasteiger partial charge in [0.1, 0.15) is 12.3 Å². The lowest BCUT2D eigenvalue weighted by atomic mass is 10.1. The molecule has 0 aliphatic rings. The van der Waals surface area contributed by atoms with Crippen molar-refractivity contribution in [3.8, 4) is 5.75 Å². The predicted molar refractivity (Wildman–Crippen MR) is 115 cm³/mol. The Morgan fingerprint density at radius 1 is 1.13 bits per heavy atom. The first-order chi connectivity index (χ1) is 14.8. The highest BCUT2D eigenvalue weighted by Gasteiger charge is 2.21. The number of amides is 1. The summed E-state index contributed by atoms with van der Waals surface area (Å²) < 4.78 is 31.6. The molecule has 1 N–H and O–H groups in total. The van der Waals surface area contributed by atoms with Gasteiger partial charge in [-0.15, -0.1) is 0 Å². The summed E-state index contributed by atoms with van der Waals surface area (Å²) >= 11 is 5.84. The van der Waals surface area contributed by atoms with Crippen molar-refractivity contribution in [2.45, 2.75) is 22.9 Å². The SMILES string of the molecule is COc1cccc(S(=O)(=O)c2ccc(=O)n(CC(=O)NCCc3ccc(Cl)cc3)n2)c1. The van der Waals surface area contributed by atoms with Crippen molar-refractivity contribution in [2.75, 3.05) is 13.7 Å². The maximum Gasteiger partial charge on any atom is 0.267 e. The van der Waals surface area contributed by atoms with Gasteiger partial charge in [0.05, 0.1) is 12.0 Å². The minimum atomic E-state index is -4.00. The van der Waals surface area contributed by atoms with E-state index < -0.39 is 27.8 Å². The summed E-state index contributed by atoms with van der Waals surface area (Å²) in [5.74, 6) is -0.0889. The number of halogens is 1. The molecule has 1 aromatic heterocycles. The Hall–Kier alpha value is -3.17. The smallest absolute Gasteiger partial charge is 0.267 e. The minimum Gasteiger partial charge on any atom is -0.497 e. The average molecular weight is 462 g/mol. The van der Waals surface area contributed by atoms with E-state index >= 15 is 0 Å². The molecule has 8 nitrogen and oxygen atoms in total.